The highest BCUT2D eigenvalue weighted by molar-refractivity contribution is 5.58. The first kappa shape index (κ1) is 14.2. The van der Waals surface area contributed by atoms with Crippen LogP contribution in [-0.2, 0) is 6.54 Å². The number of benzene rings is 1. The summed E-state index contributed by atoms with van der Waals surface area (Å²) in [6, 6.07) is 6.61. The Balaban J connectivity index is 2.29. The fraction of sp³-hybridized carbons (Fsp3) is 0.333. The van der Waals surface area contributed by atoms with Crippen LogP contribution < -0.4 is 10.2 Å². The molecule has 0 amide bonds. The zero-order valence-electron chi connectivity index (χ0n) is 12.2. The summed E-state index contributed by atoms with van der Waals surface area (Å²) in [7, 11) is 3.78. The van der Waals surface area contributed by atoms with E-state index in [1.807, 2.05) is 38.9 Å². The maximum Gasteiger partial charge on any atom is 0.137 e. The third kappa shape index (κ3) is 3.04. The summed E-state index contributed by atoms with van der Waals surface area (Å²) in [5, 5.41) is 3.07. The van der Waals surface area contributed by atoms with Gasteiger partial charge in [0.15, 0.2) is 0 Å². The minimum Gasteiger partial charge on any atom is -0.373 e. The molecule has 0 aliphatic rings. The maximum atomic E-state index is 13.2. The zero-order valence-corrected chi connectivity index (χ0v) is 12.2. The van der Waals surface area contributed by atoms with Gasteiger partial charge in [-0.3, -0.25) is 0 Å². The van der Waals surface area contributed by atoms with Crippen molar-refractivity contribution in [3.63, 3.8) is 0 Å². The van der Waals surface area contributed by atoms with Crippen molar-refractivity contribution in [3.8, 4) is 0 Å². The fourth-order valence-corrected chi connectivity index (χ4v) is 2.21. The Labute approximate surface area is 118 Å². The lowest BCUT2D eigenvalue weighted by Crippen LogP contribution is -2.20. The van der Waals surface area contributed by atoms with Gasteiger partial charge in [0.25, 0.3) is 0 Å². The molecule has 0 radical (unpaired) electrons. The Morgan fingerprint density at radius 3 is 2.65 bits per heavy atom. The van der Waals surface area contributed by atoms with E-state index in [1.54, 1.807) is 12.1 Å². The molecule has 1 aromatic carbocycles. The molecule has 1 N–H and O–H groups in total. The van der Waals surface area contributed by atoms with E-state index < -0.39 is 0 Å². The van der Waals surface area contributed by atoms with E-state index in [0.717, 1.165) is 22.8 Å². The van der Waals surface area contributed by atoms with Crippen LogP contribution in [0.3, 0.4) is 0 Å². The first-order chi connectivity index (χ1) is 9.51. The number of nitrogens with one attached hydrogen (secondary N) is 1. The zero-order chi connectivity index (χ0) is 14.7. The van der Waals surface area contributed by atoms with E-state index in [2.05, 4.69) is 15.3 Å². The monoisotopic (exact) mass is 274 g/mol. The van der Waals surface area contributed by atoms with Crippen LogP contribution in [0.5, 0.6) is 0 Å². The molecule has 1 heterocycles. The van der Waals surface area contributed by atoms with Gasteiger partial charge in [-0.15, -0.1) is 0 Å². The first-order valence-electron chi connectivity index (χ1n) is 6.50. The average molecular weight is 274 g/mol. The van der Waals surface area contributed by atoms with Gasteiger partial charge in [-0.05, 0) is 31.5 Å². The second-order valence-corrected chi connectivity index (χ2v) is 4.80. The normalized spacial score (nSPS) is 10.4. The Hall–Kier alpha value is -2.17. The number of anilines is 2. The number of aromatic nitrogens is 2. The molecule has 2 rings (SSSR count). The van der Waals surface area contributed by atoms with Crippen molar-refractivity contribution in [1.82, 2.24) is 9.97 Å². The molecule has 1 aromatic heterocycles. The second-order valence-electron chi connectivity index (χ2n) is 4.80. The molecule has 106 valence electrons. The highest BCUT2D eigenvalue weighted by atomic mass is 19.1. The lowest BCUT2D eigenvalue weighted by atomic mass is 10.2. The van der Waals surface area contributed by atoms with Crippen molar-refractivity contribution in [1.29, 1.82) is 0 Å². The van der Waals surface area contributed by atoms with E-state index in [1.165, 1.54) is 6.07 Å². The molecule has 0 unspecified atom stereocenters. The molecule has 0 saturated heterocycles. The molecule has 20 heavy (non-hydrogen) atoms. The summed E-state index contributed by atoms with van der Waals surface area (Å²) >= 11 is 0. The molecular weight excluding hydrogens is 255 g/mol. The third-order valence-electron chi connectivity index (χ3n) is 3.14. The van der Waals surface area contributed by atoms with Gasteiger partial charge in [0.1, 0.15) is 23.3 Å². The fourth-order valence-electron chi connectivity index (χ4n) is 2.21. The van der Waals surface area contributed by atoms with Crippen molar-refractivity contribution < 1.29 is 4.39 Å². The number of hydrogen-bond acceptors (Lipinski definition) is 4. The lowest BCUT2D eigenvalue weighted by Gasteiger charge is -2.22. The number of nitrogens with zero attached hydrogens (tertiary/aromatic N) is 3. The smallest absolute Gasteiger partial charge is 0.137 e. The van der Waals surface area contributed by atoms with Gasteiger partial charge in [0.05, 0.1) is 0 Å². The summed E-state index contributed by atoms with van der Waals surface area (Å²) < 4.78 is 13.2. The molecule has 0 saturated carbocycles. The topological polar surface area (TPSA) is 41.1 Å². The van der Waals surface area contributed by atoms with E-state index in [0.29, 0.717) is 12.4 Å². The summed E-state index contributed by atoms with van der Waals surface area (Å²) in [6.45, 7) is 4.43. The van der Waals surface area contributed by atoms with Crippen LogP contribution in [0.2, 0.25) is 0 Å². The molecule has 0 aliphatic heterocycles. The molecule has 2 aromatic rings. The quantitative estimate of drug-likeness (QED) is 0.930. The highest BCUT2D eigenvalue weighted by Crippen LogP contribution is 2.23. The molecule has 0 spiro atoms. The molecule has 0 aliphatic carbocycles. The van der Waals surface area contributed by atoms with Crippen molar-refractivity contribution in [2.75, 3.05) is 24.3 Å². The van der Waals surface area contributed by atoms with Crippen LogP contribution in [-0.4, -0.2) is 24.1 Å². The van der Waals surface area contributed by atoms with Gasteiger partial charge in [0, 0.05) is 26.2 Å². The van der Waals surface area contributed by atoms with E-state index in [9.17, 15) is 4.39 Å². The molecule has 0 atom stereocenters. The second kappa shape index (κ2) is 5.86. The lowest BCUT2D eigenvalue weighted by molar-refractivity contribution is 0.625. The first-order valence-corrected chi connectivity index (χ1v) is 6.50. The van der Waals surface area contributed by atoms with Crippen LogP contribution in [0, 0.1) is 19.7 Å². The summed E-state index contributed by atoms with van der Waals surface area (Å²) in [5.41, 5.74) is 1.89. The summed E-state index contributed by atoms with van der Waals surface area (Å²) in [4.78, 5) is 10.8. The predicted octanol–water partition coefficient (Wildman–Crippen LogP) is 2.91. The average Bonchev–Trinajstić information content (AvgIpc) is 2.40. The molecule has 0 fully saturated rings. The van der Waals surface area contributed by atoms with Crippen LogP contribution in [0.1, 0.15) is 17.0 Å². The van der Waals surface area contributed by atoms with Gasteiger partial charge in [-0.2, -0.15) is 0 Å². The van der Waals surface area contributed by atoms with Gasteiger partial charge < -0.3 is 10.2 Å². The predicted molar refractivity (Wildman–Crippen MR) is 79.6 cm³/mol. The molecule has 5 heteroatoms. The Bertz CT molecular complexity index is 613. The number of halogens is 1. The third-order valence-corrected chi connectivity index (χ3v) is 3.14. The minimum atomic E-state index is -0.220. The van der Waals surface area contributed by atoms with Gasteiger partial charge in [-0.1, -0.05) is 12.1 Å². The van der Waals surface area contributed by atoms with Gasteiger partial charge in [0.2, 0.25) is 0 Å². The number of hydrogen-bond donors (Lipinski definition) is 1. The molecule has 0 bridgehead atoms. The Morgan fingerprint density at radius 1 is 1.25 bits per heavy atom. The van der Waals surface area contributed by atoms with Crippen molar-refractivity contribution in [2.24, 2.45) is 0 Å². The Kier molecular flexibility index (Phi) is 4.17. The van der Waals surface area contributed by atoms with Gasteiger partial charge in [-0.25, -0.2) is 14.4 Å². The van der Waals surface area contributed by atoms with Crippen LogP contribution in [0.25, 0.3) is 0 Å². The van der Waals surface area contributed by atoms with E-state index in [4.69, 9.17) is 0 Å². The van der Waals surface area contributed by atoms with E-state index >= 15 is 0 Å². The van der Waals surface area contributed by atoms with Crippen molar-refractivity contribution in [2.45, 2.75) is 20.4 Å². The van der Waals surface area contributed by atoms with Crippen LogP contribution >= 0.6 is 0 Å². The van der Waals surface area contributed by atoms with Crippen LogP contribution in [0.15, 0.2) is 24.3 Å². The van der Waals surface area contributed by atoms with E-state index in [-0.39, 0.29) is 5.82 Å². The summed E-state index contributed by atoms with van der Waals surface area (Å²) in [6.07, 6.45) is 0. The number of rotatable bonds is 4. The van der Waals surface area contributed by atoms with Crippen LogP contribution in [0.4, 0.5) is 16.0 Å². The molecule has 4 nitrogen and oxygen atoms in total. The Morgan fingerprint density at radius 2 is 2.00 bits per heavy atom. The van der Waals surface area contributed by atoms with Crippen molar-refractivity contribution in [3.05, 3.63) is 47.0 Å². The highest BCUT2D eigenvalue weighted by Gasteiger charge is 2.12. The summed E-state index contributed by atoms with van der Waals surface area (Å²) in [5.74, 6) is 2.16. The SMILES string of the molecule is CNc1nc(C)nc(N(C)Cc2cccc(F)c2)c1C. The number of aryl methyl sites for hydroxylation is 1. The largest absolute Gasteiger partial charge is 0.373 e. The minimum absolute atomic E-state index is 0.220. The van der Waals surface area contributed by atoms with Crippen molar-refractivity contribution >= 4 is 11.6 Å². The van der Waals surface area contributed by atoms with Gasteiger partial charge >= 0.3 is 0 Å². The molecular formula is C15H19FN4. The standard InChI is InChI=1S/C15H19FN4/c1-10-14(17-3)18-11(2)19-15(10)20(4)9-12-6-5-7-13(16)8-12/h5-8H,9H2,1-4H3,(H,17,18,19). The maximum absolute atomic E-state index is 13.2.